The lowest BCUT2D eigenvalue weighted by Crippen LogP contribution is -2.43. The highest BCUT2D eigenvalue weighted by Crippen LogP contribution is 2.15. The van der Waals surface area contributed by atoms with E-state index >= 15 is 0 Å². The summed E-state index contributed by atoms with van der Waals surface area (Å²) >= 11 is 0. The van der Waals surface area contributed by atoms with Crippen molar-refractivity contribution in [3.8, 4) is 0 Å². The molecule has 1 amide bonds. The number of hydrogen-bond acceptors (Lipinski definition) is 4. The van der Waals surface area contributed by atoms with Crippen LogP contribution in [-0.2, 0) is 6.54 Å². The second-order valence-electron chi connectivity index (χ2n) is 6.14. The van der Waals surface area contributed by atoms with Crippen LogP contribution in [0.25, 0.3) is 0 Å². The van der Waals surface area contributed by atoms with E-state index in [0.29, 0.717) is 5.76 Å². The standard InChI is InChI=1S/C18H23N3O2/c1-14-3-8-17(23-14)18(22)19-16-6-4-15(5-7-16)13-21-11-9-20(2)10-12-21/h3-8H,9-13H2,1-2H3,(H,19,22). The lowest BCUT2D eigenvalue weighted by atomic mass is 10.1. The van der Waals surface area contributed by atoms with Crippen LogP contribution in [0.5, 0.6) is 0 Å². The van der Waals surface area contributed by atoms with Crippen molar-refractivity contribution in [2.75, 3.05) is 38.5 Å². The highest BCUT2D eigenvalue weighted by Gasteiger charge is 2.14. The zero-order valence-corrected chi connectivity index (χ0v) is 13.7. The van der Waals surface area contributed by atoms with Crippen molar-refractivity contribution in [2.45, 2.75) is 13.5 Å². The van der Waals surface area contributed by atoms with Crippen LogP contribution in [0.3, 0.4) is 0 Å². The van der Waals surface area contributed by atoms with Gasteiger partial charge in [0.2, 0.25) is 0 Å². The maximum absolute atomic E-state index is 12.0. The molecule has 0 unspecified atom stereocenters. The molecule has 3 rings (SSSR count). The van der Waals surface area contributed by atoms with Crippen molar-refractivity contribution in [2.24, 2.45) is 0 Å². The molecule has 2 heterocycles. The molecule has 0 aliphatic carbocycles. The minimum Gasteiger partial charge on any atom is -0.456 e. The fourth-order valence-corrected chi connectivity index (χ4v) is 2.71. The van der Waals surface area contributed by atoms with Gasteiger partial charge in [0.15, 0.2) is 5.76 Å². The molecule has 0 spiro atoms. The number of benzene rings is 1. The lowest BCUT2D eigenvalue weighted by Gasteiger charge is -2.32. The van der Waals surface area contributed by atoms with Crippen molar-refractivity contribution >= 4 is 11.6 Å². The average molecular weight is 313 g/mol. The Balaban J connectivity index is 1.55. The topological polar surface area (TPSA) is 48.7 Å². The molecule has 2 aromatic rings. The normalized spacial score (nSPS) is 16.4. The molecule has 5 nitrogen and oxygen atoms in total. The molecule has 1 aromatic heterocycles. The van der Waals surface area contributed by atoms with Crippen LogP contribution in [-0.4, -0.2) is 48.9 Å². The van der Waals surface area contributed by atoms with E-state index in [-0.39, 0.29) is 5.91 Å². The smallest absolute Gasteiger partial charge is 0.291 e. The van der Waals surface area contributed by atoms with Gasteiger partial charge in [-0.05, 0) is 43.8 Å². The summed E-state index contributed by atoms with van der Waals surface area (Å²) in [4.78, 5) is 16.9. The van der Waals surface area contributed by atoms with Gasteiger partial charge in [0.1, 0.15) is 5.76 Å². The summed E-state index contributed by atoms with van der Waals surface area (Å²) in [6, 6.07) is 11.5. The third kappa shape index (κ3) is 4.21. The monoisotopic (exact) mass is 313 g/mol. The van der Waals surface area contributed by atoms with Crippen LogP contribution < -0.4 is 5.32 Å². The number of carbonyl (C=O) groups excluding carboxylic acids is 1. The first-order valence-electron chi connectivity index (χ1n) is 7.98. The van der Waals surface area contributed by atoms with Gasteiger partial charge in [-0.1, -0.05) is 12.1 Å². The number of aryl methyl sites for hydroxylation is 1. The van der Waals surface area contributed by atoms with Gasteiger partial charge in [-0.25, -0.2) is 0 Å². The van der Waals surface area contributed by atoms with E-state index in [1.165, 1.54) is 5.56 Å². The van der Waals surface area contributed by atoms with Crippen LogP contribution >= 0.6 is 0 Å². The Hall–Kier alpha value is -2.11. The molecule has 1 aromatic carbocycles. The number of carbonyl (C=O) groups is 1. The van der Waals surface area contributed by atoms with Crippen molar-refractivity contribution in [1.82, 2.24) is 9.80 Å². The maximum Gasteiger partial charge on any atom is 0.291 e. The molecule has 0 radical (unpaired) electrons. The van der Waals surface area contributed by atoms with Gasteiger partial charge in [-0.15, -0.1) is 0 Å². The molecule has 1 fully saturated rings. The fourth-order valence-electron chi connectivity index (χ4n) is 2.71. The van der Waals surface area contributed by atoms with Crippen LogP contribution in [0.15, 0.2) is 40.8 Å². The molecule has 5 heteroatoms. The highest BCUT2D eigenvalue weighted by atomic mass is 16.3. The molecule has 0 atom stereocenters. The molecule has 1 N–H and O–H groups in total. The Morgan fingerprint density at radius 2 is 1.78 bits per heavy atom. The average Bonchev–Trinajstić information content (AvgIpc) is 2.98. The number of anilines is 1. The maximum atomic E-state index is 12.0. The number of furan rings is 1. The molecule has 1 saturated heterocycles. The molecule has 122 valence electrons. The van der Waals surface area contributed by atoms with Crippen LogP contribution in [0.2, 0.25) is 0 Å². The van der Waals surface area contributed by atoms with Crippen LogP contribution in [0.4, 0.5) is 5.69 Å². The third-order valence-corrected chi connectivity index (χ3v) is 4.18. The summed E-state index contributed by atoms with van der Waals surface area (Å²) in [5, 5.41) is 2.86. The van der Waals surface area contributed by atoms with E-state index in [1.807, 2.05) is 19.1 Å². The molecule has 0 saturated carbocycles. The highest BCUT2D eigenvalue weighted by molar-refractivity contribution is 6.02. The first-order chi connectivity index (χ1) is 11.1. The first-order valence-corrected chi connectivity index (χ1v) is 7.98. The summed E-state index contributed by atoms with van der Waals surface area (Å²) in [7, 11) is 2.16. The van der Waals surface area contributed by atoms with E-state index < -0.39 is 0 Å². The van der Waals surface area contributed by atoms with E-state index in [9.17, 15) is 4.79 Å². The van der Waals surface area contributed by atoms with Crippen molar-refractivity contribution in [3.05, 3.63) is 53.5 Å². The van der Waals surface area contributed by atoms with Gasteiger partial charge in [0.05, 0.1) is 0 Å². The summed E-state index contributed by atoms with van der Waals surface area (Å²) in [6.45, 7) is 7.23. The number of nitrogens with zero attached hydrogens (tertiary/aromatic N) is 2. The second-order valence-corrected chi connectivity index (χ2v) is 6.14. The number of amides is 1. The minimum atomic E-state index is -0.218. The van der Waals surface area contributed by atoms with Gasteiger partial charge in [0.25, 0.3) is 5.91 Å². The lowest BCUT2D eigenvalue weighted by molar-refractivity contribution is 0.0995. The van der Waals surface area contributed by atoms with Gasteiger partial charge in [-0.3, -0.25) is 9.69 Å². The number of rotatable bonds is 4. The molecule has 1 aliphatic heterocycles. The number of nitrogens with one attached hydrogen (secondary N) is 1. The summed E-state index contributed by atoms with van der Waals surface area (Å²) in [5.41, 5.74) is 2.05. The van der Waals surface area contributed by atoms with Gasteiger partial charge < -0.3 is 14.6 Å². The minimum absolute atomic E-state index is 0.218. The second kappa shape index (κ2) is 6.98. The fraction of sp³-hybridized carbons (Fsp3) is 0.389. The summed E-state index contributed by atoms with van der Waals surface area (Å²) in [5.74, 6) is 0.853. The van der Waals surface area contributed by atoms with E-state index in [2.05, 4.69) is 34.3 Å². The van der Waals surface area contributed by atoms with Crippen LogP contribution in [0, 0.1) is 6.92 Å². The molecular formula is C18H23N3O2. The summed E-state index contributed by atoms with van der Waals surface area (Å²) < 4.78 is 5.33. The van der Waals surface area contributed by atoms with Crippen LogP contribution in [0.1, 0.15) is 21.9 Å². The third-order valence-electron chi connectivity index (χ3n) is 4.18. The Kier molecular flexibility index (Phi) is 4.79. The van der Waals surface area contributed by atoms with E-state index in [1.54, 1.807) is 12.1 Å². The van der Waals surface area contributed by atoms with E-state index in [0.717, 1.165) is 44.2 Å². The zero-order chi connectivity index (χ0) is 16.2. The zero-order valence-electron chi connectivity index (χ0n) is 13.7. The van der Waals surface area contributed by atoms with E-state index in [4.69, 9.17) is 4.42 Å². The number of hydrogen-bond donors (Lipinski definition) is 1. The van der Waals surface area contributed by atoms with Crippen molar-refractivity contribution in [1.29, 1.82) is 0 Å². The predicted molar refractivity (Wildman–Crippen MR) is 90.6 cm³/mol. The van der Waals surface area contributed by atoms with Crippen molar-refractivity contribution in [3.63, 3.8) is 0 Å². The Morgan fingerprint density at radius 3 is 2.39 bits per heavy atom. The van der Waals surface area contributed by atoms with Gasteiger partial charge in [0, 0.05) is 38.4 Å². The first kappa shape index (κ1) is 15.8. The molecule has 23 heavy (non-hydrogen) atoms. The Labute approximate surface area is 136 Å². The van der Waals surface area contributed by atoms with Gasteiger partial charge >= 0.3 is 0 Å². The quantitative estimate of drug-likeness (QED) is 0.942. The summed E-state index contributed by atoms with van der Waals surface area (Å²) in [6.07, 6.45) is 0. The molecule has 1 aliphatic rings. The number of piperazine rings is 1. The molecule has 0 bridgehead atoms. The largest absolute Gasteiger partial charge is 0.456 e. The Bertz CT molecular complexity index is 655. The Morgan fingerprint density at radius 1 is 1.09 bits per heavy atom. The SMILES string of the molecule is Cc1ccc(C(=O)Nc2ccc(CN3CCN(C)CC3)cc2)o1. The number of likely N-dealkylation sites (N-methyl/N-ethyl adjacent to an activating group) is 1. The predicted octanol–water partition coefficient (Wildman–Crippen LogP) is 2.59. The van der Waals surface area contributed by atoms with Crippen molar-refractivity contribution < 1.29 is 9.21 Å². The van der Waals surface area contributed by atoms with Gasteiger partial charge in [-0.2, -0.15) is 0 Å². The molecular weight excluding hydrogens is 290 g/mol.